The smallest absolute Gasteiger partial charge is 0.264 e. The summed E-state index contributed by atoms with van der Waals surface area (Å²) in [4.78, 5) is 0.252. The maximum atomic E-state index is 13.3. The second kappa shape index (κ2) is 6.73. The van der Waals surface area contributed by atoms with E-state index in [9.17, 15) is 8.42 Å². The first-order valence-electron chi connectivity index (χ1n) is 7.57. The zero-order valence-corrected chi connectivity index (χ0v) is 13.8. The Morgan fingerprint density at radius 2 is 1.54 bits per heavy atom. The predicted molar refractivity (Wildman–Crippen MR) is 95.2 cm³/mol. The highest BCUT2D eigenvalue weighted by molar-refractivity contribution is 7.93. The van der Waals surface area contributed by atoms with Gasteiger partial charge < -0.3 is 0 Å². The maximum absolute atomic E-state index is 13.3. The van der Waals surface area contributed by atoms with Crippen LogP contribution in [0, 0.1) is 11.3 Å². The first-order valence-corrected chi connectivity index (χ1v) is 9.01. The van der Waals surface area contributed by atoms with Crippen LogP contribution >= 0.6 is 0 Å². The highest BCUT2D eigenvalue weighted by Gasteiger charge is 2.26. The van der Waals surface area contributed by atoms with Gasteiger partial charge in [-0.05, 0) is 23.6 Å². The predicted octanol–water partition coefficient (Wildman–Crippen LogP) is 3.95. The van der Waals surface area contributed by atoms with Gasteiger partial charge in [-0.25, -0.2) is 8.42 Å². The first-order chi connectivity index (χ1) is 11.6. The molecule has 3 rings (SSSR count). The van der Waals surface area contributed by atoms with E-state index in [1.54, 1.807) is 42.5 Å². The molecule has 3 aromatic carbocycles. The molecule has 0 aliphatic carbocycles. The molecule has 0 N–H and O–H groups in total. The SMILES string of the molecule is N#CCCN(c1ccccc1)S(=O)(=O)c1cccc2ccccc12. The summed E-state index contributed by atoms with van der Waals surface area (Å²) in [5, 5.41) is 10.4. The molecule has 0 atom stereocenters. The number of sulfonamides is 1. The Bertz CT molecular complexity index is 987. The van der Waals surface area contributed by atoms with Crippen LogP contribution in [0.2, 0.25) is 0 Å². The van der Waals surface area contributed by atoms with Crippen molar-refractivity contribution in [1.82, 2.24) is 0 Å². The Morgan fingerprint density at radius 3 is 2.29 bits per heavy atom. The highest BCUT2D eigenvalue weighted by Crippen LogP contribution is 2.29. The first kappa shape index (κ1) is 16.0. The van der Waals surface area contributed by atoms with Gasteiger partial charge in [0.05, 0.1) is 23.1 Å². The number of para-hydroxylation sites is 1. The number of benzene rings is 3. The topological polar surface area (TPSA) is 61.2 Å². The van der Waals surface area contributed by atoms with E-state index in [-0.39, 0.29) is 17.9 Å². The number of anilines is 1. The van der Waals surface area contributed by atoms with E-state index in [1.807, 2.05) is 36.4 Å². The van der Waals surface area contributed by atoms with Crippen LogP contribution < -0.4 is 4.31 Å². The fourth-order valence-electron chi connectivity index (χ4n) is 2.67. The molecule has 0 heterocycles. The lowest BCUT2D eigenvalue weighted by Gasteiger charge is -2.24. The molecule has 0 saturated carbocycles. The normalized spacial score (nSPS) is 11.1. The number of fused-ring (bicyclic) bond motifs is 1. The summed E-state index contributed by atoms with van der Waals surface area (Å²) in [6.07, 6.45) is 0.124. The van der Waals surface area contributed by atoms with Gasteiger partial charge in [0.2, 0.25) is 0 Å². The summed E-state index contributed by atoms with van der Waals surface area (Å²) in [5.41, 5.74) is 0.556. The number of nitriles is 1. The van der Waals surface area contributed by atoms with Gasteiger partial charge in [0.15, 0.2) is 0 Å². The molecular weight excluding hydrogens is 320 g/mol. The summed E-state index contributed by atoms with van der Waals surface area (Å²) in [5.74, 6) is 0. The van der Waals surface area contributed by atoms with E-state index >= 15 is 0 Å². The van der Waals surface area contributed by atoms with Crippen molar-refractivity contribution < 1.29 is 8.42 Å². The van der Waals surface area contributed by atoms with Crippen LogP contribution in [-0.4, -0.2) is 15.0 Å². The highest BCUT2D eigenvalue weighted by atomic mass is 32.2. The molecule has 0 aromatic heterocycles. The minimum Gasteiger partial charge on any atom is -0.265 e. The zero-order valence-electron chi connectivity index (χ0n) is 13.0. The molecule has 4 nitrogen and oxygen atoms in total. The largest absolute Gasteiger partial charge is 0.265 e. The number of rotatable bonds is 5. The monoisotopic (exact) mass is 336 g/mol. The van der Waals surface area contributed by atoms with Gasteiger partial charge in [-0.2, -0.15) is 5.26 Å². The van der Waals surface area contributed by atoms with Crippen molar-refractivity contribution in [2.24, 2.45) is 0 Å². The Balaban J connectivity index is 2.17. The maximum Gasteiger partial charge on any atom is 0.264 e. The van der Waals surface area contributed by atoms with Crippen LogP contribution in [0.1, 0.15) is 6.42 Å². The molecule has 24 heavy (non-hydrogen) atoms. The Labute approximate surface area is 141 Å². The summed E-state index contributed by atoms with van der Waals surface area (Å²) < 4.78 is 27.8. The molecule has 0 amide bonds. The van der Waals surface area contributed by atoms with Gasteiger partial charge in [0.1, 0.15) is 0 Å². The van der Waals surface area contributed by atoms with Gasteiger partial charge in [-0.15, -0.1) is 0 Å². The standard InChI is InChI=1S/C19H16N2O2S/c20-14-7-15-21(17-10-2-1-3-11-17)24(22,23)19-13-6-9-16-8-4-5-12-18(16)19/h1-6,8-13H,7,15H2. The fourth-order valence-corrected chi connectivity index (χ4v) is 4.36. The van der Waals surface area contributed by atoms with Gasteiger partial charge in [0.25, 0.3) is 10.0 Å². The van der Waals surface area contributed by atoms with Crippen molar-refractivity contribution in [3.63, 3.8) is 0 Å². The molecule has 0 aliphatic rings. The van der Waals surface area contributed by atoms with Crippen molar-refractivity contribution >= 4 is 26.5 Å². The summed E-state index contributed by atoms with van der Waals surface area (Å²) in [6, 6.07) is 23.5. The molecular formula is C19H16N2O2S. The molecule has 0 unspecified atom stereocenters. The van der Waals surface area contributed by atoms with Crippen molar-refractivity contribution in [3.8, 4) is 6.07 Å². The van der Waals surface area contributed by atoms with E-state index in [2.05, 4.69) is 0 Å². The number of hydrogen-bond donors (Lipinski definition) is 0. The molecule has 0 saturated heterocycles. The number of nitrogens with zero attached hydrogens (tertiary/aromatic N) is 2. The van der Waals surface area contributed by atoms with Crippen molar-refractivity contribution in [1.29, 1.82) is 5.26 Å². The van der Waals surface area contributed by atoms with Crippen LogP contribution in [0.15, 0.2) is 77.7 Å². The second-order valence-electron chi connectivity index (χ2n) is 5.30. The lowest BCUT2D eigenvalue weighted by Crippen LogP contribution is -2.32. The zero-order chi connectivity index (χ0) is 17.0. The third-order valence-corrected chi connectivity index (χ3v) is 5.67. The lowest BCUT2D eigenvalue weighted by atomic mass is 10.1. The van der Waals surface area contributed by atoms with Crippen molar-refractivity contribution in [2.75, 3.05) is 10.8 Å². The van der Waals surface area contributed by atoms with E-state index in [1.165, 1.54) is 4.31 Å². The molecule has 5 heteroatoms. The van der Waals surface area contributed by atoms with Crippen LogP contribution in [-0.2, 0) is 10.0 Å². The van der Waals surface area contributed by atoms with Gasteiger partial charge in [-0.3, -0.25) is 4.31 Å². The second-order valence-corrected chi connectivity index (χ2v) is 7.13. The Kier molecular flexibility index (Phi) is 4.50. The van der Waals surface area contributed by atoms with Gasteiger partial charge in [0, 0.05) is 11.9 Å². The van der Waals surface area contributed by atoms with E-state index in [0.717, 1.165) is 5.39 Å². The minimum atomic E-state index is -3.77. The molecule has 3 aromatic rings. The Morgan fingerprint density at radius 1 is 0.875 bits per heavy atom. The average molecular weight is 336 g/mol. The quantitative estimate of drug-likeness (QED) is 0.709. The molecule has 0 spiro atoms. The summed E-state index contributed by atoms with van der Waals surface area (Å²) >= 11 is 0. The van der Waals surface area contributed by atoms with Gasteiger partial charge >= 0.3 is 0 Å². The molecule has 0 aliphatic heterocycles. The summed E-state index contributed by atoms with van der Waals surface area (Å²) in [7, 11) is -3.77. The van der Waals surface area contributed by atoms with E-state index < -0.39 is 10.0 Å². The Hall–Kier alpha value is -2.84. The van der Waals surface area contributed by atoms with Crippen LogP contribution in [0.3, 0.4) is 0 Å². The average Bonchev–Trinajstić information content (AvgIpc) is 2.62. The number of hydrogen-bond acceptors (Lipinski definition) is 3. The minimum absolute atomic E-state index is 0.117. The van der Waals surface area contributed by atoms with Gasteiger partial charge in [-0.1, -0.05) is 54.6 Å². The van der Waals surface area contributed by atoms with Crippen LogP contribution in [0.5, 0.6) is 0 Å². The van der Waals surface area contributed by atoms with Crippen LogP contribution in [0.4, 0.5) is 5.69 Å². The van der Waals surface area contributed by atoms with Crippen molar-refractivity contribution in [2.45, 2.75) is 11.3 Å². The molecule has 0 bridgehead atoms. The van der Waals surface area contributed by atoms with E-state index in [0.29, 0.717) is 11.1 Å². The third-order valence-electron chi connectivity index (χ3n) is 3.79. The lowest BCUT2D eigenvalue weighted by molar-refractivity contribution is 0.592. The molecule has 0 fully saturated rings. The van der Waals surface area contributed by atoms with Crippen LogP contribution in [0.25, 0.3) is 10.8 Å². The molecule has 120 valence electrons. The molecule has 0 radical (unpaired) electrons. The fraction of sp³-hybridized carbons (Fsp3) is 0.105. The van der Waals surface area contributed by atoms with E-state index in [4.69, 9.17) is 5.26 Å². The third kappa shape index (κ3) is 2.97. The summed E-state index contributed by atoms with van der Waals surface area (Å²) in [6.45, 7) is 0.117. The van der Waals surface area contributed by atoms with Crippen molar-refractivity contribution in [3.05, 3.63) is 72.8 Å².